The van der Waals surface area contributed by atoms with Gasteiger partial charge in [-0.3, -0.25) is 9.59 Å². The molecular formula is C28H32F3N5O6. The van der Waals surface area contributed by atoms with E-state index in [1.165, 1.54) is 30.2 Å². The van der Waals surface area contributed by atoms with E-state index in [9.17, 15) is 27.6 Å². The van der Waals surface area contributed by atoms with E-state index in [-0.39, 0.29) is 77.5 Å². The number of aromatic nitrogens is 2. The minimum Gasteiger partial charge on any atom is -0.494 e. The van der Waals surface area contributed by atoms with Gasteiger partial charge in [-0.2, -0.15) is 13.2 Å². The molecule has 3 aromatic rings. The maximum Gasteiger partial charge on any atom is 0.433 e. The number of alkyl halides is 3. The third kappa shape index (κ3) is 6.03. The van der Waals surface area contributed by atoms with Gasteiger partial charge in [-0.25, -0.2) is 14.8 Å². The van der Waals surface area contributed by atoms with Crippen LogP contribution in [0.2, 0.25) is 0 Å². The third-order valence-electron chi connectivity index (χ3n) is 7.17. The Balaban J connectivity index is 1.72. The van der Waals surface area contributed by atoms with Crippen molar-refractivity contribution in [1.82, 2.24) is 20.2 Å². The summed E-state index contributed by atoms with van der Waals surface area (Å²) in [6.45, 7) is 5.19. The van der Waals surface area contributed by atoms with E-state index in [2.05, 4.69) is 15.3 Å². The number of oxazole rings is 1. The van der Waals surface area contributed by atoms with Gasteiger partial charge in [0.25, 0.3) is 5.91 Å². The first-order valence-corrected chi connectivity index (χ1v) is 13.5. The van der Waals surface area contributed by atoms with Crippen LogP contribution in [-0.2, 0) is 27.0 Å². The van der Waals surface area contributed by atoms with E-state index in [1.54, 1.807) is 13.8 Å². The lowest BCUT2D eigenvalue weighted by molar-refractivity contribution is -0.147. The van der Waals surface area contributed by atoms with E-state index < -0.39 is 35.8 Å². The minimum absolute atomic E-state index is 0.00791. The molecule has 0 spiro atoms. The Morgan fingerprint density at radius 2 is 1.93 bits per heavy atom. The van der Waals surface area contributed by atoms with Gasteiger partial charge in [0, 0.05) is 35.9 Å². The molecule has 2 amide bonds. The van der Waals surface area contributed by atoms with E-state index >= 15 is 0 Å². The first-order valence-electron chi connectivity index (χ1n) is 13.5. The van der Waals surface area contributed by atoms with Crippen LogP contribution < -0.4 is 15.8 Å². The van der Waals surface area contributed by atoms with Gasteiger partial charge in [0.1, 0.15) is 23.0 Å². The molecule has 3 heterocycles. The van der Waals surface area contributed by atoms with E-state index in [4.69, 9.17) is 19.6 Å². The quantitative estimate of drug-likeness (QED) is 0.355. The topological polar surface area (TPSA) is 150 Å². The zero-order valence-electron chi connectivity index (χ0n) is 23.6. The highest BCUT2D eigenvalue weighted by molar-refractivity contribution is 5.99. The van der Waals surface area contributed by atoms with Crippen LogP contribution in [0, 0.1) is 5.92 Å². The van der Waals surface area contributed by atoms with Crippen LogP contribution in [0.4, 0.5) is 13.2 Å². The standard InChI is InChI=1S/C28H32F3N5O6/c1-5-14(3)24(37)33-15-11-18(27(39)41-6-2)36(13-15)26(38)23-20(12-32)42-25(35-23)17-7-9-19(40-4)22-16(17)8-10-21(34-22)28(29,30)31/h7-10,14-15,18H,5-6,11-13,32H2,1-4H3,(H,33,37)/t14?,15-,18+/m1/s1. The lowest BCUT2D eigenvalue weighted by atomic mass is 10.1. The smallest absolute Gasteiger partial charge is 0.433 e. The SMILES string of the molecule is CCOC(=O)[C@@H]1C[C@@H](NC(=O)C(C)CC)CN1C(=O)c1nc(-c2ccc(OC)c3nc(C(F)(F)F)ccc23)oc1CN. The number of rotatable bonds is 9. The zero-order valence-corrected chi connectivity index (χ0v) is 23.6. The molecule has 3 N–H and O–H groups in total. The second-order valence-corrected chi connectivity index (χ2v) is 9.88. The number of likely N-dealkylation sites (tertiary alicyclic amines) is 1. The van der Waals surface area contributed by atoms with Crippen molar-refractivity contribution in [1.29, 1.82) is 0 Å². The van der Waals surface area contributed by atoms with Crippen molar-refractivity contribution in [3.63, 3.8) is 0 Å². The van der Waals surface area contributed by atoms with Crippen molar-refractivity contribution in [3.05, 3.63) is 41.4 Å². The molecule has 0 saturated carbocycles. The predicted octanol–water partition coefficient (Wildman–Crippen LogP) is 3.68. The summed E-state index contributed by atoms with van der Waals surface area (Å²) in [6, 6.07) is 3.49. The highest BCUT2D eigenvalue weighted by Gasteiger charge is 2.43. The molecule has 11 nitrogen and oxygen atoms in total. The van der Waals surface area contributed by atoms with Crippen LogP contribution >= 0.6 is 0 Å². The van der Waals surface area contributed by atoms with E-state index in [1.807, 2.05) is 6.92 Å². The van der Waals surface area contributed by atoms with Crippen LogP contribution in [0.15, 0.2) is 28.7 Å². The van der Waals surface area contributed by atoms with Crippen molar-refractivity contribution in [2.75, 3.05) is 20.3 Å². The van der Waals surface area contributed by atoms with Gasteiger partial charge in [-0.15, -0.1) is 0 Å². The molecule has 2 aromatic heterocycles. The van der Waals surface area contributed by atoms with Gasteiger partial charge >= 0.3 is 12.1 Å². The molecule has 1 aliphatic heterocycles. The van der Waals surface area contributed by atoms with Crippen LogP contribution in [0.1, 0.15) is 55.6 Å². The molecule has 14 heteroatoms. The van der Waals surface area contributed by atoms with Gasteiger partial charge in [-0.1, -0.05) is 13.8 Å². The van der Waals surface area contributed by atoms with Gasteiger partial charge in [0.15, 0.2) is 11.5 Å². The number of hydrogen-bond donors (Lipinski definition) is 2. The summed E-state index contributed by atoms with van der Waals surface area (Å²) < 4.78 is 56.3. The summed E-state index contributed by atoms with van der Waals surface area (Å²) in [4.78, 5) is 48.5. The average Bonchev–Trinajstić information content (AvgIpc) is 3.59. The van der Waals surface area contributed by atoms with Crippen LogP contribution in [-0.4, -0.2) is 65.0 Å². The molecule has 1 fully saturated rings. The maximum absolute atomic E-state index is 13.8. The Kier molecular flexibility index (Phi) is 9.04. The number of carbonyl (C=O) groups excluding carboxylic acids is 3. The number of nitrogens with two attached hydrogens (primary N) is 1. The molecule has 3 atom stereocenters. The van der Waals surface area contributed by atoms with E-state index in [0.29, 0.717) is 6.42 Å². The molecule has 0 aliphatic carbocycles. The fourth-order valence-electron chi connectivity index (χ4n) is 4.77. The number of amides is 2. The lowest BCUT2D eigenvalue weighted by Gasteiger charge is -2.22. The number of nitrogens with one attached hydrogen (secondary N) is 1. The molecule has 1 aliphatic rings. The average molecular weight is 592 g/mol. The number of pyridine rings is 1. The van der Waals surface area contributed by atoms with Crippen molar-refractivity contribution in [3.8, 4) is 17.2 Å². The summed E-state index contributed by atoms with van der Waals surface area (Å²) in [6.07, 6.45) is -3.91. The summed E-state index contributed by atoms with van der Waals surface area (Å²) >= 11 is 0. The summed E-state index contributed by atoms with van der Waals surface area (Å²) in [5, 5.41) is 3.13. The maximum atomic E-state index is 13.8. The second-order valence-electron chi connectivity index (χ2n) is 9.88. The number of methoxy groups -OCH3 is 1. The van der Waals surface area contributed by atoms with Crippen LogP contribution in [0.3, 0.4) is 0 Å². The van der Waals surface area contributed by atoms with Gasteiger partial charge in [0.05, 0.1) is 20.3 Å². The fraction of sp³-hybridized carbons (Fsp3) is 0.464. The Labute approximate surface area is 239 Å². The van der Waals surface area contributed by atoms with Crippen molar-refractivity contribution in [2.45, 2.75) is 58.4 Å². The van der Waals surface area contributed by atoms with Crippen LogP contribution in [0.25, 0.3) is 22.4 Å². The van der Waals surface area contributed by atoms with E-state index in [0.717, 1.165) is 6.07 Å². The molecule has 42 heavy (non-hydrogen) atoms. The number of halogens is 3. The molecule has 1 aromatic carbocycles. The Hall–Kier alpha value is -4.20. The molecule has 0 radical (unpaired) electrons. The number of benzene rings is 1. The third-order valence-corrected chi connectivity index (χ3v) is 7.17. The highest BCUT2D eigenvalue weighted by atomic mass is 19.4. The largest absolute Gasteiger partial charge is 0.494 e. The Morgan fingerprint density at radius 1 is 1.19 bits per heavy atom. The predicted molar refractivity (Wildman–Crippen MR) is 144 cm³/mol. The van der Waals surface area contributed by atoms with Gasteiger partial charge in [-0.05, 0) is 37.6 Å². The first kappa shape index (κ1) is 30.8. The number of carbonyl (C=O) groups is 3. The van der Waals surface area contributed by atoms with Gasteiger partial charge < -0.3 is 29.8 Å². The molecular weight excluding hydrogens is 559 g/mol. The van der Waals surface area contributed by atoms with Crippen molar-refractivity contribution in [2.24, 2.45) is 11.7 Å². The molecule has 1 saturated heterocycles. The minimum atomic E-state index is -4.68. The number of fused-ring (bicyclic) bond motifs is 1. The number of ether oxygens (including phenoxy) is 2. The fourth-order valence-corrected chi connectivity index (χ4v) is 4.77. The number of esters is 1. The molecule has 1 unspecified atom stereocenters. The van der Waals surface area contributed by atoms with Crippen LogP contribution in [0.5, 0.6) is 5.75 Å². The normalized spacial score (nSPS) is 17.8. The lowest BCUT2D eigenvalue weighted by Crippen LogP contribution is -2.43. The molecule has 0 bridgehead atoms. The second kappa shape index (κ2) is 12.3. The Bertz CT molecular complexity index is 1490. The summed E-state index contributed by atoms with van der Waals surface area (Å²) in [7, 11) is 1.31. The zero-order chi connectivity index (χ0) is 30.8. The first-order chi connectivity index (χ1) is 19.9. The van der Waals surface area contributed by atoms with Crippen molar-refractivity contribution >= 4 is 28.7 Å². The van der Waals surface area contributed by atoms with Crippen molar-refractivity contribution < 1.29 is 41.4 Å². The molecule has 4 rings (SSSR count). The Morgan fingerprint density at radius 3 is 2.55 bits per heavy atom. The number of nitrogens with zero attached hydrogens (tertiary/aromatic N) is 3. The monoisotopic (exact) mass is 591 g/mol. The summed E-state index contributed by atoms with van der Waals surface area (Å²) in [5.41, 5.74) is 4.78. The molecule has 226 valence electrons. The summed E-state index contributed by atoms with van der Waals surface area (Å²) in [5.74, 6) is -1.72. The van der Waals surface area contributed by atoms with Gasteiger partial charge in [0.2, 0.25) is 11.8 Å². The highest BCUT2D eigenvalue weighted by Crippen LogP contribution is 2.37. The number of hydrogen-bond acceptors (Lipinski definition) is 9.